The summed E-state index contributed by atoms with van der Waals surface area (Å²) >= 11 is 8.48. The zero-order chi connectivity index (χ0) is 18.9. The first-order valence-electron chi connectivity index (χ1n) is 8.14. The third kappa shape index (κ3) is 6.24. The van der Waals surface area contributed by atoms with Crippen molar-refractivity contribution in [3.63, 3.8) is 0 Å². The number of carbonyl (C=O) groups is 2. The Morgan fingerprint density at radius 1 is 1.12 bits per heavy atom. The summed E-state index contributed by atoms with van der Waals surface area (Å²) in [7, 11) is 0. The Hall–Kier alpha value is -2.25. The molecule has 0 aliphatic rings. The molecule has 0 atom stereocenters. The Morgan fingerprint density at radius 3 is 2.50 bits per heavy atom. The maximum Gasteiger partial charge on any atom is 0.338 e. The molecule has 0 radical (unpaired) electrons. The van der Waals surface area contributed by atoms with Gasteiger partial charge in [-0.2, -0.15) is 0 Å². The van der Waals surface area contributed by atoms with Gasteiger partial charge in [-0.25, -0.2) is 4.79 Å². The third-order valence-electron chi connectivity index (χ3n) is 3.42. The molecule has 1 amide bonds. The van der Waals surface area contributed by atoms with Crippen LogP contribution in [-0.2, 0) is 4.74 Å². The van der Waals surface area contributed by atoms with Crippen LogP contribution in [0.5, 0.6) is 0 Å². The number of carbonyl (C=O) groups excluding carboxylic acids is 2. The second kappa shape index (κ2) is 10.0. The molecule has 0 fully saturated rings. The standard InChI is InChI=1S/C19H19BrN2O3S/c1-2-3-11-25-18(24)13-7-9-16(10-8-13)21-19(26)22-17(23)14-5-4-6-15(20)12-14/h4-10,12H,2-3,11H2,1H3,(H2,21,22,23,26). The summed E-state index contributed by atoms with van der Waals surface area (Å²) in [5.41, 5.74) is 1.62. The molecule has 136 valence electrons. The molecule has 7 heteroatoms. The number of unbranched alkanes of at least 4 members (excludes halogenated alkanes) is 1. The van der Waals surface area contributed by atoms with Crippen molar-refractivity contribution in [3.05, 3.63) is 64.1 Å². The number of thiocarbonyl (C=S) groups is 1. The second-order valence-corrected chi connectivity index (χ2v) is 6.81. The summed E-state index contributed by atoms with van der Waals surface area (Å²) in [6.07, 6.45) is 1.82. The zero-order valence-corrected chi connectivity index (χ0v) is 16.7. The summed E-state index contributed by atoms with van der Waals surface area (Å²) in [6.45, 7) is 2.45. The highest BCUT2D eigenvalue weighted by atomic mass is 79.9. The van der Waals surface area contributed by atoms with Gasteiger partial charge in [0.1, 0.15) is 0 Å². The van der Waals surface area contributed by atoms with Gasteiger partial charge < -0.3 is 10.1 Å². The summed E-state index contributed by atoms with van der Waals surface area (Å²) in [6, 6.07) is 13.7. The lowest BCUT2D eigenvalue weighted by Crippen LogP contribution is -2.34. The number of benzene rings is 2. The molecule has 26 heavy (non-hydrogen) atoms. The average Bonchev–Trinajstić information content (AvgIpc) is 2.62. The average molecular weight is 435 g/mol. The van der Waals surface area contributed by atoms with Crippen molar-refractivity contribution in [1.29, 1.82) is 0 Å². The Kier molecular flexibility index (Phi) is 7.74. The largest absolute Gasteiger partial charge is 0.462 e. The second-order valence-electron chi connectivity index (χ2n) is 5.49. The van der Waals surface area contributed by atoms with E-state index in [1.165, 1.54) is 0 Å². The quantitative estimate of drug-likeness (QED) is 0.397. The van der Waals surface area contributed by atoms with Gasteiger partial charge >= 0.3 is 5.97 Å². The van der Waals surface area contributed by atoms with Crippen LogP contribution in [0.1, 0.15) is 40.5 Å². The molecule has 0 spiro atoms. The van der Waals surface area contributed by atoms with Crippen molar-refractivity contribution in [1.82, 2.24) is 5.32 Å². The number of hydrogen-bond acceptors (Lipinski definition) is 4. The lowest BCUT2D eigenvalue weighted by atomic mass is 10.2. The number of ether oxygens (including phenoxy) is 1. The molecule has 0 saturated carbocycles. The fourth-order valence-corrected chi connectivity index (χ4v) is 2.66. The van der Waals surface area contributed by atoms with Gasteiger partial charge in [0.2, 0.25) is 0 Å². The maximum atomic E-state index is 12.1. The van der Waals surface area contributed by atoms with E-state index >= 15 is 0 Å². The van der Waals surface area contributed by atoms with Crippen LogP contribution in [0.2, 0.25) is 0 Å². The van der Waals surface area contributed by atoms with Gasteiger partial charge in [-0.05, 0) is 61.1 Å². The van der Waals surface area contributed by atoms with E-state index < -0.39 is 0 Å². The minimum absolute atomic E-state index is 0.174. The molecule has 0 aromatic heterocycles. The van der Waals surface area contributed by atoms with E-state index in [0.29, 0.717) is 23.4 Å². The molecule has 2 aromatic carbocycles. The number of hydrogen-bond donors (Lipinski definition) is 2. The van der Waals surface area contributed by atoms with Crippen LogP contribution in [0.15, 0.2) is 53.0 Å². The molecule has 0 aliphatic heterocycles. The number of amides is 1. The SMILES string of the molecule is CCCCOC(=O)c1ccc(NC(=S)NC(=O)c2cccc(Br)c2)cc1. The van der Waals surface area contributed by atoms with Crippen LogP contribution in [0.3, 0.4) is 0 Å². The van der Waals surface area contributed by atoms with Gasteiger partial charge in [0, 0.05) is 15.7 Å². The van der Waals surface area contributed by atoms with Gasteiger partial charge in [0.15, 0.2) is 5.11 Å². The van der Waals surface area contributed by atoms with Crippen LogP contribution < -0.4 is 10.6 Å². The number of rotatable bonds is 6. The molecule has 2 rings (SSSR count). The Morgan fingerprint density at radius 2 is 1.85 bits per heavy atom. The molecule has 0 saturated heterocycles. The first kappa shape index (κ1) is 20.1. The molecule has 0 aliphatic carbocycles. The molecule has 0 unspecified atom stereocenters. The van der Waals surface area contributed by atoms with Crippen molar-refractivity contribution < 1.29 is 14.3 Å². The van der Waals surface area contributed by atoms with Crippen molar-refractivity contribution in [2.45, 2.75) is 19.8 Å². The smallest absolute Gasteiger partial charge is 0.338 e. The Labute approximate surface area is 166 Å². The number of anilines is 1. The number of esters is 1. The van der Waals surface area contributed by atoms with E-state index in [4.69, 9.17) is 17.0 Å². The first-order chi connectivity index (χ1) is 12.5. The molecule has 2 aromatic rings. The summed E-state index contributed by atoms with van der Waals surface area (Å²) < 4.78 is 5.97. The van der Waals surface area contributed by atoms with Crippen molar-refractivity contribution in [2.24, 2.45) is 0 Å². The lowest BCUT2D eigenvalue weighted by molar-refractivity contribution is 0.0499. The lowest BCUT2D eigenvalue weighted by Gasteiger charge is -2.10. The van der Waals surface area contributed by atoms with Crippen LogP contribution >= 0.6 is 28.1 Å². The highest BCUT2D eigenvalue weighted by Crippen LogP contribution is 2.13. The van der Waals surface area contributed by atoms with E-state index in [1.54, 1.807) is 42.5 Å². The summed E-state index contributed by atoms with van der Waals surface area (Å²) in [4.78, 5) is 24.0. The predicted molar refractivity (Wildman–Crippen MR) is 109 cm³/mol. The summed E-state index contributed by atoms with van der Waals surface area (Å²) in [5, 5.41) is 5.70. The van der Waals surface area contributed by atoms with E-state index in [0.717, 1.165) is 17.3 Å². The summed E-state index contributed by atoms with van der Waals surface area (Å²) in [5.74, 6) is -0.657. The fourth-order valence-electron chi connectivity index (χ4n) is 2.05. The topological polar surface area (TPSA) is 67.4 Å². The highest BCUT2D eigenvalue weighted by molar-refractivity contribution is 9.10. The Bertz CT molecular complexity index is 794. The van der Waals surface area contributed by atoms with Crippen LogP contribution in [0.25, 0.3) is 0 Å². The van der Waals surface area contributed by atoms with Gasteiger partial charge in [-0.1, -0.05) is 35.3 Å². The van der Waals surface area contributed by atoms with E-state index in [2.05, 4.69) is 26.6 Å². The van der Waals surface area contributed by atoms with Crippen LogP contribution in [-0.4, -0.2) is 23.6 Å². The molecule has 2 N–H and O–H groups in total. The van der Waals surface area contributed by atoms with Crippen LogP contribution in [0, 0.1) is 0 Å². The molecule has 0 heterocycles. The van der Waals surface area contributed by atoms with Crippen LogP contribution in [0.4, 0.5) is 5.69 Å². The molecule has 0 bridgehead atoms. The van der Waals surface area contributed by atoms with Crippen molar-refractivity contribution in [3.8, 4) is 0 Å². The molecular formula is C19H19BrN2O3S. The van der Waals surface area contributed by atoms with Crippen molar-refractivity contribution in [2.75, 3.05) is 11.9 Å². The van der Waals surface area contributed by atoms with Gasteiger partial charge in [0.05, 0.1) is 12.2 Å². The number of nitrogens with one attached hydrogen (secondary N) is 2. The normalized spacial score (nSPS) is 10.1. The van der Waals surface area contributed by atoms with Gasteiger partial charge in [0.25, 0.3) is 5.91 Å². The third-order valence-corrected chi connectivity index (χ3v) is 4.12. The minimum atomic E-state index is -0.351. The predicted octanol–water partition coefficient (Wildman–Crippen LogP) is 4.53. The van der Waals surface area contributed by atoms with Crippen molar-refractivity contribution >= 4 is 50.8 Å². The van der Waals surface area contributed by atoms with Gasteiger partial charge in [-0.15, -0.1) is 0 Å². The highest BCUT2D eigenvalue weighted by Gasteiger charge is 2.10. The molecule has 5 nitrogen and oxygen atoms in total. The molecular weight excluding hydrogens is 416 g/mol. The van der Waals surface area contributed by atoms with E-state index in [1.807, 2.05) is 13.0 Å². The first-order valence-corrected chi connectivity index (χ1v) is 9.35. The monoisotopic (exact) mass is 434 g/mol. The zero-order valence-electron chi connectivity index (χ0n) is 14.3. The maximum absolute atomic E-state index is 12.1. The van der Waals surface area contributed by atoms with Gasteiger partial charge in [-0.3, -0.25) is 10.1 Å². The fraction of sp³-hybridized carbons (Fsp3) is 0.211. The number of halogens is 1. The van der Waals surface area contributed by atoms with E-state index in [9.17, 15) is 9.59 Å². The Balaban J connectivity index is 1.89. The minimum Gasteiger partial charge on any atom is -0.462 e. The van der Waals surface area contributed by atoms with E-state index in [-0.39, 0.29) is 17.0 Å².